The van der Waals surface area contributed by atoms with Crippen molar-refractivity contribution in [2.24, 2.45) is 7.05 Å². The van der Waals surface area contributed by atoms with Crippen molar-refractivity contribution in [1.82, 2.24) is 15.1 Å². The molecule has 0 fully saturated rings. The monoisotopic (exact) mass is 312 g/mol. The highest BCUT2D eigenvalue weighted by molar-refractivity contribution is 5.76. The van der Waals surface area contributed by atoms with Crippen molar-refractivity contribution in [3.05, 3.63) is 47.3 Å². The van der Waals surface area contributed by atoms with E-state index in [1.807, 2.05) is 19.4 Å². The number of fused-ring (bicyclic) bond motifs is 1. The number of nitrogens with zero attached hydrogens (tertiary/aromatic N) is 3. The Morgan fingerprint density at radius 3 is 2.96 bits per heavy atom. The molecule has 0 aliphatic carbocycles. The third-order valence-electron chi connectivity index (χ3n) is 4.38. The number of benzene rings is 1. The van der Waals surface area contributed by atoms with E-state index >= 15 is 0 Å². The second kappa shape index (κ2) is 6.86. The number of rotatable bonds is 5. The average Bonchev–Trinajstić information content (AvgIpc) is 2.96. The third-order valence-corrected chi connectivity index (χ3v) is 4.38. The molecule has 1 aliphatic rings. The van der Waals surface area contributed by atoms with Gasteiger partial charge < -0.3 is 10.2 Å². The lowest BCUT2D eigenvalue weighted by molar-refractivity contribution is -0.121. The van der Waals surface area contributed by atoms with Crippen LogP contribution in [-0.4, -0.2) is 29.3 Å². The molecule has 0 saturated carbocycles. The first-order valence-corrected chi connectivity index (χ1v) is 8.19. The van der Waals surface area contributed by atoms with Crippen LogP contribution in [0.4, 0.5) is 5.69 Å². The van der Waals surface area contributed by atoms with Crippen molar-refractivity contribution in [3.8, 4) is 0 Å². The van der Waals surface area contributed by atoms with Gasteiger partial charge in [0.2, 0.25) is 5.91 Å². The molecule has 1 aliphatic heterocycles. The lowest BCUT2D eigenvalue weighted by Gasteiger charge is -2.27. The topological polar surface area (TPSA) is 50.2 Å². The normalized spacial score (nSPS) is 13.7. The zero-order valence-electron chi connectivity index (χ0n) is 13.9. The Hall–Kier alpha value is -2.30. The van der Waals surface area contributed by atoms with E-state index in [0.717, 1.165) is 24.9 Å². The molecule has 2 heterocycles. The number of hydrogen-bond acceptors (Lipinski definition) is 3. The summed E-state index contributed by atoms with van der Waals surface area (Å²) in [6.45, 7) is 1.72. The molecule has 1 aromatic heterocycles. The molecule has 0 radical (unpaired) electrons. The maximum Gasteiger partial charge on any atom is 0.220 e. The van der Waals surface area contributed by atoms with E-state index in [9.17, 15) is 4.79 Å². The number of carbonyl (C=O) groups excluding carboxylic acids is 1. The van der Waals surface area contributed by atoms with Crippen molar-refractivity contribution >= 4 is 11.6 Å². The summed E-state index contributed by atoms with van der Waals surface area (Å²) < 4.78 is 1.76. The molecule has 0 spiro atoms. The van der Waals surface area contributed by atoms with Crippen molar-refractivity contribution < 1.29 is 4.79 Å². The van der Waals surface area contributed by atoms with E-state index in [2.05, 4.69) is 40.6 Å². The first kappa shape index (κ1) is 15.6. The van der Waals surface area contributed by atoms with Crippen LogP contribution in [0.25, 0.3) is 0 Å². The van der Waals surface area contributed by atoms with Crippen LogP contribution in [0.5, 0.6) is 0 Å². The quantitative estimate of drug-likeness (QED) is 0.919. The molecule has 23 heavy (non-hydrogen) atoms. The average molecular weight is 312 g/mol. The number of hydrogen-bond donors (Lipinski definition) is 1. The molecule has 3 rings (SSSR count). The minimum atomic E-state index is 0.0868. The first-order valence-electron chi connectivity index (χ1n) is 8.19. The van der Waals surface area contributed by atoms with Gasteiger partial charge in [-0.25, -0.2) is 0 Å². The van der Waals surface area contributed by atoms with Crippen LogP contribution in [0.1, 0.15) is 29.5 Å². The maximum absolute atomic E-state index is 12.0. The van der Waals surface area contributed by atoms with Crippen molar-refractivity contribution in [2.45, 2.75) is 32.2 Å². The van der Waals surface area contributed by atoms with Crippen LogP contribution in [0, 0.1) is 0 Å². The summed E-state index contributed by atoms with van der Waals surface area (Å²) in [5.41, 5.74) is 4.98. The summed E-state index contributed by atoms with van der Waals surface area (Å²) in [5, 5.41) is 7.13. The van der Waals surface area contributed by atoms with Gasteiger partial charge in [0, 0.05) is 45.5 Å². The largest absolute Gasteiger partial charge is 0.374 e. The molecular weight excluding hydrogens is 288 g/mol. The molecular formula is C18H24N4O. The number of amides is 1. The number of anilines is 1. The summed E-state index contributed by atoms with van der Waals surface area (Å²) >= 11 is 0. The smallest absolute Gasteiger partial charge is 0.220 e. The predicted octanol–water partition coefficient (Wildman–Crippen LogP) is 2.05. The highest BCUT2D eigenvalue weighted by Gasteiger charge is 2.13. The van der Waals surface area contributed by atoms with E-state index in [1.165, 1.54) is 23.2 Å². The molecule has 0 atom stereocenters. The Kier molecular flexibility index (Phi) is 4.65. The third kappa shape index (κ3) is 3.92. The second-order valence-corrected chi connectivity index (χ2v) is 6.29. The number of nitrogens with one attached hydrogen (secondary N) is 1. The van der Waals surface area contributed by atoms with Gasteiger partial charge in [-0.15, -0.1) is 0 Å². The van der Waals surface area contributed by atoms with Crippen LogP contribution in [-0.2, 0) is 31.2 Å². The van der Waals surface area contributed by atoms with E-state index in [1.54, 1.807) is 4.68 Å². The summed E-state index contributed by atoms with van der Waals surface area (Å²) in [7, 11) is 4.02. The number of aromatic nitrogens is 2. The number of aryl methyl sites for hydroxylation is 3. The van der Waals surface area contributed by atoms with E-state index in [-0.39, 0.29) is 5.91 Å². The van der Waals surface area contributed by atoms with E-state index in [4.69, 9.17) is 0 Å². The van der Waals surface area contributed by atoms with Crippen LogP contribution < -0.4 is 10.2 Å². The molecule has 0 unspecified atom stereocenters. The fourth-order valence-electron chi connectivity index (χ4n) is 3.10. The lowest BCUT2D eigenvalue weighted by atomic mass is 9.99. The standard InChI is InChI=1S/C18H24N4O/c1-21-9-3-4-16-10-14(5-7-17(16)21)11-19-18(23)8-6-15-12-20-22(2)13-15/h5,7,10,12-13H,3-4,6,8-9,11H2,1-2H3,(H,19,23). The minimum absolute atomic E-state index is 0.0868. The highest BCUT2D eigenvalue weighted by atomic mass is 16.1. The maximum atomic E-state index is 12.0. The molecule has 122 valence electrons. The van der Waals surface area contributed by atoms with Crippen molar-refractivity contribution in [1.29, 1.82) is 0 Å². The van der Waals surface area contributed by atoms with Gasteiger partial charge in [0.25, 0.3) is 0 Å². The Morgan fingerprint density at radius 1 is 1.30 bits per heavy atom. The van der Waals surface area contributed by atoms with Gasteiger partial charge >= 0.3 is 0 Å². The van der Waals surface area contributed by atoms with E-state index < -0.39 is 0 Å². The highest BCUT2D eigenvalue weighted by Crippen LogP contribution is 2.26. The second-order valence-electron chi connectivity index (χ2n) is 6.29. The van der Waals surface area contributed by atoms with Gasteiger partial charge in [0.05, 0.1) is 6.20 Å². The molecule has 0 bridgehead atoms. The van der Waals surface area contributed by atoms with E-state index in [0.29, 0.717) is 13.0 Å². The Bertz CT molecular complexity index is 692. The first-order chi connectivity index (χ1) is 11.1. The zero-order valence-corrected chi connectivity index (χ0v) is 13.9. The van der Waals surface area contributed by atoms with Gasteiger partial charge in [0.1, 0.15) is 0 Å². The van der Waals surface area contributed by atoms with Gasteiger partial charge in [-0.2, -0.15) is 5.10 Å². The van der Waals surface area contributed by atoms with Gasteiger partial charge in [-0.05, 0) is 42.0 Å². The Balaban J connectivity index is 1.51. The Labute approximate surface area is 137 Å². The van der Waals surface area contributed by atoms with Gasteiger partial charge in [-0.3, -0.25) is 9.48 Å². The lowest BCUT2D eigenvalue weighted by Crippen LogP contribution is -2.25. The molecule has 5 nitrogen and oxygen atoms in total. The van der Waals surface area contributed by atoms with Crippen LogP contribution in [0.3, 0.4) is 0 Å². The van der Waals surface area contributed by atoms with Crippen LogP contribution in [0.15, 0.2) is 30.6 Å². The predicted molar refractivity (Wildman–Crippen MR) is 91.4 cm³/mol. The molecule has 2 aromatic rings. The SMILES string of the molecule is CN1CCCc2cc(CNC(=O)CCc3cnn(C)c3)ccc21. The van der Waals surface area contributed by atoms with Gasteiger partial charge in [-0.1, -0.05) is 12.1 Å². The Morgan fingerprint density at radius 2 is 2.17 bits per heavy atom. The van der Waals surface area contributed by atoms with Crippen LogP contribution in [0.2, 0.25) is 0 Å². The zero-order chi connectivity index (χ0) is 16.2. The summed E-state index contributed by atoms with van der Waals surface area (Å²) in [6, 6.07) is 6.51. The fraction of sp³-hybridized carbons (Fsp3) is 0.444. The molecule has 1 amide bonds. The summed E-state index contributed by atoms with van der Waals surface area (Å²) in [6.07, 6.45) is 7.32. The molecule has 1 aromatic carbocycles. The van der Waals surface area contributed by atoms with Gasteiger partial charge in [0.15, 0.2) is 0 Å². The fourth-order valence-corrected chi connectivity index (χ4v) is 3.10. The number of carbonyl (C=O) groups is 1. The summed E-state index contributed by atoms with van der Waals surface area (Å²) in [5.74, 6) is 0.0868. The molecule has 1 N–H and O–H groups in total. The van der Waals surface area contributed by atoms with Crippen molar-refractivity contribution in [3.63, 3.8) is 0 Å². The molecule has 5 heteroatoms. The summed E-state index contributed by atoms with van der Waals surface area (Å²) in [4.78, 5) is 14.3. The molecule has 0 saturated heterocycles. The van der Waals surface area contributed by atoms with Crippen LogP contribution >= 0.6 is 0 Å². The minimum Gasteiger partial charge on any atom is -0.374 e. The van der Waals surface area contributed by atoms with Crippen molar-refractivity contribution in [2.75, 3.05) is 18.5 Å².